The number of carbonyl (C=O) groups is 1. The molecule has 2 aromatic rings. The molecule has 0 spiro atoms. The summed E-state index contributed by atoms with van der Waals surface area (Å²) in [6.07, 6.45) is 4.17. The van der Waals surface area contributed by atoms with E-state index in [1.54, 1.807) is 11.3 Å². The summed E-state index contributed by atoms with van der Waals surface area (Å²) in [6, 6.07) is 6.55. The molecule has 2 fully saturated rings. The zero-order valence-electron chi connectivity index (χ0n) is 15.9. The summed E-state index contributed by atoms with van der Waals surface area (Å²) in [4.78, 5) is 16.3. The number of halogens is 1. The van der Waals surface area contributed by atoms with Crippen LogP contribution in [-0.2, 0) is 4.74 Å². The van der Waals surface area contributed by atoms with E-state index in [1.807, 2.05) is 16.9 Å². The van der Waals surface area contributed by atoms with Crippen LogP contribution in [0.3, 0.4) is 0 Å². The van der Waals surface area contributed by atoms with Crippen LogP contribution < -0.4 is 10.6 Å². The van der Waals surface area contributed by atoms with Crippen LogP contribution in [0.5, 0.6) is 0 Å². The minimum atomic E-state index is -0.104. The van der Waals surface area contributed by atoms with E-state index in [-0.39, 0.29) is 24.4 Å². The summed E-state index contributed by atoms with van der Waals surface area (Å²) < 4.78 is 7.41. The number of aromatic nitrogens is 2. The largest absolute Gasteiger partial charge is 0.379 e. The van der Waals surface area contributed by atoms with Crippen molar-refractivity contribution in [3.63, 3.8) is 0 Å². The maximum Gasteiger partial charge on any atom is 0.271 e. The number of hydrogen-bond acceptors (Lipinski definition) is 6. The molecule has 2 saturated heterocycles. The number of amides is 1. The number of nitrogens with zero attached hydrogens (tertiary/aromatic N) is 3. The lowest BCUT2D eigenvalue weighted by atomic mass is 10.1. The third-order valence-electron chi connectivity index (χ3n) is 5.30. The van der Waals surface area contributed by atoms with Crippen molar-refractivity contribution in [2.45, 2.75) is 24.9 Å². The number of hydrogen-bond donors (Lipinski definition) is 2. The molecule has 1 amide bonds. The number of piperidine rings is 1. The lowest BCUT2D eigenvalue weighted by Crippen LogP contribution is -2.43. The highest BCUT2D eigenvalue weighted by Gasteiger charge is 2.25. The Kier molecular flexibility index (Phi) is 7.87. The molecule has 4 rings (SSSR count). The smallest absolute Gasteiger partial charge is 0.271 e. The molecule has 9 heteroatoms. The number of rotatable bonds is 6. The second-order valence-electron chi connectivity index (χ2n) is 7.07. The van der Waals surface area contributed by atoms with Gasteiger partial charge < -0.3 is 15.4 Å². The molecule has 0 aliphatic carbocycles. The molecule has 7 nitrogen and oxygen atoms in total. The maximum atomic E-state index is 12.7. The third kappa shape index (κ3) is 5.12. The molecule has 2 atom stereocenters. The molecule has 2 N–H and O–H groups in total. The van der Waals surface area contributed by atoms with Crippen molar-refractivity contribution in [1.82, 2.24) is 25.3 Å². The van der Waals surface area contributed by atoms with Crippen LogP contribution in [0.15, 0.2) is 29.8 Å². The predicted molar refractivity (Wildman–Crippen MR) is 112 cm³/mol. The first kappa shape index (κ1) is 21.3. The van der Waals surface area contributed by atoms with Crippen LogP contribution >= 0.6 is 23.7 Å². The lowest BCUT2D eigenvalue weighted by Gasteiger charge is -2.34. The highest BCUT2D eigenvalue weighted by atomic mass is 35.5. The van der Waals surface area contributed by atoms with Gasteiger partial charge in [-0.1, -0.05) is 6.07 Å². The van der Waals surface area contributed by atoms with Crippen LogP contribution in [0, 0.1) is 0 Å². The van der Waals surface area contributed by atoms with E-state index in [0.717, 1.165) is 52.2 Å². The van der Waals surface area contributed by atoms with Crippen LogP contribution in [-0.4, -0.2) is 66.5 Å². The Hall–Kier alpha value is -1.45. The van der Waals surface area contributed by atoms with Crippen molar-refractivity contribution in [2.75, 3.05) is 45.9 Å². The molecule has 0 radical (unpaired) electrons. The molecule has 0 aromatic carbocycles. The minimum absolute atomic E-state index is 0. The van der Waals surface area contributed by atoms with Crippen molar-refractivity contribution in [1.29, 1.82) is 0 Å². The van der Waals surface area contributed by atoms with E-state index < -0.39 is 0 Å². The van der Waals surface area contributed by atoms with E-state index >= 15 is 0 Å². The summed E-state index contributed by atoms with van der Waals surface area (Å²) in [7, 11) is 0. The molecule has 2 aliphatic heterocycles. The Morgan fingerprint density at radius 1 is 1.39 bits per heavy atom. The van der Waals surface area contributed by atoms with Gasteiger partial charge in [0.15, 0.2) is 0 Å². The van der Waals surface area contributed by atoms with E-state index in [4.69, 9.17) is 4.74 Å². The zero-order valence-corrected chi connectivity index (χ0v) is 17.5. The quantitative estimate of drug-likeness (QED) is 0.741. The topological polar surface area (TPSA) is 71.4 Å². The zero-order chi connectivity index (χ0) is 18.5. The minimum Gasteiger partial charge on any atom is -0.379 e. The Bertz CT molecular complexity index is 727. The molecule has 2 aliphatic rings. The average Bonchev–Trinajstić information content (AvgIpc) is 3.42. The summed E-state index contributed by atoms with van der Waals surface area (Å²) in [6.45, 7) is 5.84. The van der Waals surface area contributed by atoms with Gasteiger partial charge in [-0.2, -0.15) is 5.10 Å². The number of thiophene rings is 1. The van der Waals surface area contributed by atoms with E-state index in [2.05, 4.69) is 38.1 Å². The van der Waals surface area contributed by atoms with E-state index in [0.29, 0.717) is 18.3 Å². The predicted octanol–water partition coefficient (Wildman–Crippen LogP) is 2.09. The van der Waals surface area contributed by atoms with Gasteiger partial charge in [-0.25, -0.2) is 0 Å². The van der Waals surface area contributed by atoms with Crippen molar-refractivity contribution >= 4 is 29.7 Å². The van der Waals surface area contributed by atoms with Gasteiger partial charge in [0.25, 0.3) is 5.91 Å². The lowest BCUT2D eigenvalue weighted by molar-refractivity contribution is 0.0169. The fraction of sp³-hybridized carbons (Fsp3) is 0.579. The van der Waals surface area contributed by atoms with Crippen molar-refractivity contribution < 1.29 is 9.53 Å². The number of ether oxygens (including phenoxy) is 1. The molecular formula is C19H28ClN5O2S. The first-order valence-electron chi connectivity index (χ1n) is 9.70. The summed E-state index contributed by atoms with van der Waals surface area (Å²) in [5.74, 6) is -0.104. The Balaban J connectivity index is 0.00000225. The Labute approximate surface area is 175 Å². The second-order valence-corrected chi connectivity index (χ2v) is 8.05. The first-order chi connectivity index (χ1) is 13.3. The van der Waals surface area contributed by atoms with Gasteiger partial charge in [0.1, 0.15) is 5.69 Å². The van der Waals surface area contributed by atoms with E-state index in [1.165, 1.54) is 4.88 Å². The van der Waals surface area contributed by atoms with Gasteiger partial charge in [0, 0.05) is 37.3 Å². The van der Waals surface area contributed by atoms with Gasteiger partial charge >= 0.3 is 0 Å². The standard InChI is InChI=1S/C19H27N5O2S.ClH/c25-19(16-5-7-24(22-16)15-3-1-6-20-13-15)21-14-17(18-4-2-12-27-18)23-8-10-26-11-9-23;/h2,4-5,7,12,15,17,20H,1,3,6,8-11,13-14H2,(H,21,25);1H. The second kappa shape index (κ2) is 10.4. The van der Waals surface area contributed by atoms with Crippen molar-refractivity contribution in [3.8, 4) is 0 Å². The van der Waals surface area contributed by atoms with Gasteiger partial charge in [-0.05, 0) is 36.9 Å². The average molecular weight is 426 g/mol. The van der Waals surface area contributed by atoms with Crippen LogP contribution in [0.2, 0.25) is 0 Å². The van der Waals surface area contributed by atoms with E-state index in [9.17, 15) is 4.79 Å². The molecule has 0 saturated carbocycles. The van der Waals surface area contributed by atoms with Crippen LogP contribution in [0.25, 0.3) is 0 Å². The molecule has 0 bridgehead atoms. The Morgan fingerprint density at radius 3 is 2.96 bits per heavy atom. The molecule has 4 heterocycles. The molecule has 154 valence electrons. The van der Waals surface area contributed by atoms with Crippen molar-refractivity contribution in [3.05, 3.63) is 40.3 Å². The fourth-order valence-corrected chi connectivity index (χ4v) is 4.64. The van der Waals surface area contributed by atoms with Gasteiger partial charge in [-0.15, -0.1) is 23.7 Å². The highest BCUT2D eigenvalue weighted by molar-refractivity contribution is 7.10. The fourth-order valence-electron chi connectivity index (χ4n) is 3.78. The normalized spacial score (nSPS) is 21.6. The SMILES string of the molecule is Cl.O=C(NCC(c1cccs1)N1CCOCC1)c1ccn(C2CCCNC2)n1. The first-order valence-corrected chi connectivity index (χ1v) is 10.6. The molecule has 2 aromatic heterocycles. The molecule has 2 unspecified atom stereocenters. The monoisotopic (exact) mass is 425 g/mol. The maximum absolute atomic E-state index is 12.7. The van der Waals surface area contributed by atoms with Gasteiger partial charge in [0.05, 0.1) is 25.3 Å². The van der Waals surface area contributed by atoms with Crippen LogP contribution in [0.4, 0.5) is 0 Å². The number of carbonyl (C=O) groups excluding carboxylic acids is 1. The van der Waals surface area contributed by atoms with Crippen molar-refractivity contribution in [2.24, 2.45) is 0 Å². The third-order valence-corrected chi connectivity index (χ3v) is 6.27. The summed E-state index contributed by atoms with van der Waals surface area (Å²) >= 11 is 1.73. The summed E-state index contributed by atoms with van der Waals surface area (Å²) in [5, 5.41) is 13.1. The number of nitrogens with one attached hydrogen (secondary N) is 2. The van der Waals surface area contributed by atoms with Gasteiger partial charge in [-0.3, -0.25) is 14.4 Å². The van der Waals surface area contributed by atoms with Crippen LogP contribution in [0.1, 0.15) is 40.3 Å². The highest BCUT2D eigenvalue weighted by Crippen LogP contribution is 2.25. The summed E-state index contributed by atoms with van der Waals surface area (Å²) in [5.41, 5.74) is 0.493. The number of morpholine rings is 1. The molecule has 28 heavy (non-hydrogen) atoms. The van der Waals surface area contributed by atoms with Gasteiger partial charge in [0.2, 0.25) is 0 Å². The Morgan fingerprint density at radius 2 is 2.25 bits per heavy atom. The molecular weight excluding hydrogens is 398 g/mol.